The summed E-state index contributed by atoms with van der Waals surface area (Å²) in [5.74, 6) is 1.21. The van der Waals surface area contributed by atoms with Crippen LogP contribution < -0.4 is 5.56 Å². The van der Waals surface area contributed by atoms with Gasteiger partial charge >= 0.3 is 0 Å². The summed E-state index contributed by atoms with van der Waals surface area (Å²) < 4.78 is 9.44. The van der Waals surface area contributed by atoms with Gasteiger partial charge in [-0.25, -0.2) is 4.68 Å². The standard InChI is InChI=1S/C18H18N4O3S/c1-3-20(10-13-5-4-7-25-13)17(23)11-21-18(24)15-9-16-14(6-8-26-16)22(15)12(2)19-21/h4-9H,3,10-11H2,1-2H3. The normalized spacial score (nSPS) is 11.5. The smallest absolute Gasteiger partial charge is 0.291 e. The Kier molecular flexibility index (Phi) is 4.12. The minimum atomic E-state index is -0.263. The third kappa shape index (κ3) is 2.72. The molecule has 0 N–H and O–H groups in total. The Balaban J connectivity index is 1.67. The highest BCUT2D eigenvalue weighted by Crippen LogP contribution is 2.24. The fraction of sp³-hybridized carbons (Fsp3) is 0.278. The molecule has 0 atom stereocenters. The average molecular weight is 370 g/mol. The van der Waals surface area contributed by atoms with E-state index in [1.807, 2.05) is 41.8 Å². The average Bonchev–Trinajstić information content (AvgIpc) is 3.33. The van der Waals surface area contributed by atoms with Crippen molar-refractivity contribution in [3.05, 3.63) is 57.8 Å². The molecule has 1 amide bonds. The molecule has 0 aliphatic heterocycles. The number of hydrogen-bond acceptors (Lipinski definition) is 5. The lowest BCUT2D eigenvalue weighted by Gasteiger charge is -2.20. The van der Waals surface area contributed by atoms with Gasteiger partial charge in [-0.15, -0.1) is 11.3 Å². The molecule has 0 aromatic carbocycles. The summed E-state index contributed by atoms with van der Waals surface area (Å²) in [5, 5.41) is 6.34. The maximum atomic E-state index is 12.8. The van der Waals surface area contributed by atoms with E-state index in [-0.39, 0.29) is 18.0 Å². The van der Waals surface area contributed by atoms with Crippen LogP contribution in [0.2, 0.25) is 0 Å². The summed E-state index contributed by atoms with van der Waals surface area (Å²) in [7, 11) is 0. The van der Waals surface area contributed by atoms with Gasteiger partial charge in [0, 0.05) is 6.54 Å². The van der Waals surface area contributed by atoms with E-state index in [4.69, 9.17) is 4.42 Å². The van der Waals surface area contributed by atoms with Gasteiger partial charge in [0.2, 0.25) is 5.91 Å². The highest BCUT2D eigenvalue weighted by Gasteiger charge is 2.18. The van der Waals surface area contributed by atoms with Crippen molar-refractivity contribution >= 4 is 33.0 Å². The molecule has 0 radical (unpaired) electrons. The molecule has 0 unspecified atom stereocenters. The first-order chi connectivity index (χ1) is 12.6. The fourth-order valence-electron chi connectivity index (χ4n) is 3.13. The number of carbonyl (C=O) groups is 1. The van der Waals surface area contributed by atoms with E-state index < -0.39 is 0 Å². The molecule has 4 aromatic heterocycles. The van der Waals surface area contributed by atoms with E-state index in [0.29, 0.717) is 30.2 Å². The summed E-state index contributed by atoms with van der Waals surface area (Å²) in [5.41, 5.74) is 1.25. The quantitative estimate of drug-likeness (QED) is 0.541. The number of nitrogens with zero attached hydrogens (tertiary/aromatic N) is 4. The monoisotopic (exact) mass is 370 g/mol. The van der Waals surface area contributed by atoms with Gasteiger partial charge in [-0.05, 0) is 43.5 Å². The Morgan fingerprint density at radius 3 is 2.92 bits per heavy atom. The molecule has 4 aromatic rings. The Morgan fingerprint density at radius 2 is 2.19 bits per heavy atom. The molecule has 0 spiro atoms. The second-order valence-corrected chi connectivity index (χ2v) is 6.98. The Hall–Kier alpha value is -2.87. The molecule has 134 valence electrons. The SMILES string of the molecule is CCN(Cc1ccco1)C(=O)Cn1nc(C)n2c(cc3sccc32)c1=O. The van der Waals surface area contributed by atoms with E-state index >= 15 is 0 Å². The number of amides is 1. The van der Waals surface area contributed by atoms with Crippen LogP contribution in [0.5, 0.6) is 0 Å². The van der Waals surface area contributed by atoms with Crippen LogP contribution in [0.1, 0.15) is 18.5 Å². The number of likely N-dealkylation sites (N-methyl/N-ethyl adjacent to an activating group) is 1. The van der Waals surface area contributed by atoms with Crippen LogP contribution in [0, 0.1) is 6.92 Å². The molecule has 0 saturated carbocycles. The molecule has 0 aliphatic carbocycles. The van der Waals surface area contributed by atoms with E-state index in [0.717, 1.165) is 10.2 Å². The fourth-order valence-corrected chi connectivity index (χ4v) is 3.93. The Bertz CT molecular complexity index is 1140. The van der Waals surface area contributed by atoms with Crippen molar-refractivity contribution in [3.63, 3.8) is 0 Å². The van der Waals surface area contributed by atoms with Crippen molar-refractivity contribution < 1.29 is 9.21 Å². The van der Waals surface area contributed by atoms with Crippen molar-refractivity contribution in [3.8, 4) is 0 Å². The first-order valence-corrected chi connectivity index (χ1v) is 9.23. The van der Waals surface area contributed by atoms with Crippen molar-refractivity contribution in [1.82, 2.24) is 19.1 Å². The maximum absolute atomic E-state index is 12.8. The van der Waals surface area contributed by atoms with Crippen molar-refractivity contribution in [2.45, 2.75) is 26.9 Å². The lowest BCUT2D eigenvalue weighted by atomic mass is 10.3. The van der Waals surface area contributed by atoms with Gasteiger partial charge in [-0.1, -0.05) is 0 Å². The zero-order valence-electron chi connectivity index (χ0n) is 14.5. The molecule has 4 heterocycles. The van der Waals surface area contributed by atoms with Crippen LogP contribution in [0.15, 0.2) is 45.1 Å². The van der Waals surface area contributed by atoms with Crippen molar-refractivity contribution in [2.75, 3.05) is 6.54 Å². The lowest BCUT2D eigenvalue weighted by molar-refractivity contribution is -0.132. The van der Waals surface area contributed by atoms with Gasteiger partial charge in [-0.2, -0.15) is 5.10 Å². The zero-order valence-corrected chi connectivity index (χ0v) is 15.3. The van der Waals surface area contributed by atoms with Crippen LogP contribution in [0.4, 0.5) is 0 Å². The summed E-state index contributed by atoms with van der Waals surface area (Å²) in [6, 6.07) is 7.44. The van der Waals surface area contributed by atoms with Gasteiger partial charge in [0.05, 0.1) is 23.0 Å². The van der Waals surface area contributed by atoms with E-state index in [1.54, 1.807) is 28.6 Å². The first kappa shape index (κ1) is 16.6. The van der Waals surface area contributed by atoms with Gasteiger partial charge < -0.3 is 9.32 Å². The number of furan rings is 1. The Labute approximate surface area is 153 Å². The number of carbonyl (C=O) groups excluding carboxylic acids is 1. The molecular weight excluding hydrogens is 352 g/mol. The number of rotatable bonds is 5. The third-order valence-corrected chi connectivity index (χ3v) is 5.26. The molecular formula is C18H18N4O3S. The van der Waals surface area contributed by atoms with Crippen molar-refractivity contribution in [1.29, 1.82) is 0 Å². The molecule has 26 heavy (non-hydrogen) atoms. The third-order valence-electron chi connectivity index (χ3n) is 4.41. The molecule has 4 rings (SSSR count). The van der Waals surface area contributed by atoms with Gasteiger partial charge in [0.15, 0.2) is 0 Å². The lowest BCUT2D eigenvalue weighted by Crippen LogP contribution is -2.37. The molecule has 0 bridgehead atoms. The minimum absolute atomic E-state index is 0.0937. The highest BCUT2D eigenvalue weighted by molar-refractivity contribution is 7.17. The van der Waals surface area contributed by atoms with Crippen molar-refractivity contribution in [2.24, 2.45) is 0 Å². The van der Waals surface area contributed by atoms with Crippen LogP contribution in [0.25, 0.3) is 15.7 Å². The summed E-state index contributed by atoms with van der Waals surface area (Å²) in [6.07, 6.45) is 1.58. The predicted octanol–water partition coefficient (Wildman–Crippen LogP) is 2.66. The van der Waals surface area contributed by atoms with E-state index in [2.05, 4.69) is 5.10 Å². The number of aromatic nitrogens is 3. The number of hydrogen-bond donors (Lipinski definition) is 0. The zero-order chi connectivity index (χ0) is 18.3. The van der Waals surface area contributed by atoms with Gasteiger partial charge in [0.1, 0.15) is 23.6 Å². The summed E-state index contributed by atoms with van der Waals surface area (Å²) >= 11 is 1.58. The molecule has 0 saturated heterocycles. The maximum Gasteiger partial charge on any atom is 0.291 e. The summed E-state index contributed by atoms with van der Waals surface area (Å²) in [4.78, 5) is 27.1. The summed E-state index contributed by atoms with van der Waals surface area (Å²) in [6.45, 7) is 4.54. The number of aryl methyl sites for hydroxylation is 1. The molecule has 0 fully saturated rings. The van der Waals surface area contributed by atoms with Crippen LogP contribution >= 0.6 is 11.3 Å². The second-order valence-electron chi connectivity index (χ2n) is 6.03. The number of thiophene rings is 1. The molecule has 0 aliphatic rings. The predicted molar refractivity (Wildman–Crippen MR) is 99.4 cm³/mol. The largest absolute Gasteiger partial charge is 0.467 e. The van der Waals surface area contributed by atoms with Crippen LogP contribution in [-0.2, 0) is 17.9 Å². The van der Waals surface area contributed by atoms with Crippen LogP contribution in [0.3, 0.4) is 0 Å². The Morgan fingerprint density at radius 1 is 1.35 bits per heavy atom. The second kappa shape index (κ2) is 6.45. The first-order valence-electron chi connectivity index (χ1n) is 8.35. The molecule has 7 nitrogen and oxygen atoms in total. The van der Waals surface area contributed by atoms with E-state index in [9.17, 15) is 9.59 Å². The molecule has 8 heteroatoms. The van der Waals surface area contributed by atoms with Gasteiger partial charge in [0.25, 0.3) is 5.56 Å². The van der Waals surface area contributed by atoms with Crippen LogP contribution in [-0.4, -0.2) is 31.5 Å². The number of fused-ring (bicyclic) bond motifs is 3. The topological polar surface area (TPSA) is 72.8 Å². The highest BCUT2D eigenvalue weighted by atomic mass is 32.1. The minimum Gasteiger partial charge on any atom is -0.467 e. The van der Waals surface area contributed by atoms with Gasteiger partial charge in [-0.3, -0.25) is 14.0 Å². The van der Waals surface area contributed by atoms with E-state index in [1.165, 1.54) is 4.68 Å².